The van der Waals surface area contributed by atoms with Crippen LogP contribution in [0.15, 0.2) is 0 Å². The third-order valence-electron chi connectivity index (χ3n) is 12.9. The second kappa shape index (κ2) is 10.2. The molecule has 5 unspecified atom stereocenters. The quantitative estimate of drug-likeness (QED) is 0.439. The number of nitrogens with zero attached hydrogens (tertiary/aromatic N) is 1. The van der Waals surface area contributed by atoms with Crippen molar-refractivity contribution in [3.63, 3.8) is 0 Å². The van der Waals surface area contributed by atoms with Gasteiger partial charge in [0.25, 0.3) is 0 Å². The van der Waals surface area contributed by atoms with Gasteiger partial charge in [-0.3, -0.25) is 4.79 Å². The van der Waals surface area contributed by atoms with Gasteiger partial charge in [0.2, 0.25) is 5.91 Å². The number of likely N-dealkylation sites (N-methyl/N-ethyl adjacent to an activating group) is 1. The van der Waals surface area contributed by atoms with Crippen molar-refractivity contribution in [1.29, 1.82) is 0 Å². The van der Waals surface area contributed by atoms with Crippen molar-refractivity contribution in [3.05, 3.63) is 0 Å². The average molecular weight is 504 g/mol. The van der Waals surface area contributed by atoms with Crippen molar-refractivity contribution < 1.29 is 19.5 Å². The maximum atomic E-state index is 12.7. The standard InChI is InChI=1S/C31H54N2O3/c1-21(7-12-29(36)32-15-18-33(4)16-5-6-17-33)25-10-11-26-24-9-8-22-19-23(34)13-14-30(22,2)27(24)20-28(35)31(25,26)3/h21-28,34-35H,5-20H2,1-4H3/p+1/t21?,22?,23-,24?,25-,26?,27?,28+,30+,31-/m1/s1. The summed E-state index contributed by atoms with van der Waals surface area (Å²) in [5, 5.41) is 25.3. The normalized spacial score (nSPS) is 46.4. The van der Waals surface area contributed by atoms with E-state index in [1.165, 1.54) is 51.6 Å². The third-order valence-corrected chi connectivity index (χ3v) is 12.9. The first-order valence-electron chi connectivity index (χ1n) is 15.5. The number of likely N-dealkylation sites (tertiary alicyclic amines) is 1. The van der Waals surface area contributed by atoms with E-state index in [0.717, 1.165) is 55.6 Å². The molecule has 5 nitrogen and oxygen atoms in total. The monoisotopic (exact) mass is 503 g/mol. The third kappa shape index (κ3) is 4.68. The molecule has 5 fully saturated rings. The Morgan fingerprint density at radius 3 is 2.53 bits per heavy atom. The summed E-state index contributed by atoms with van der Waals surface area (Å²) in [6, 6.07) is 0. The van der Waals surface area contributed by atoms with Gasteiger partial charge in [-0.15, -0.1) is 0 Å². The van der Waals surface area contributed by atoms with Crippen LogP contribution in [0.1, 0.15) is 97.8 Å². The molecule has 0 radical (unpaired) electrons. The minimum Gasteiger partial charge on any atom is -0.393 e. The molecule has 5 aliphatic rings. The summed E-state index contributed by atoms with van der Waals surface area (Å²) in [7, 11) is 2.32. The van der Waals surface area contributed by atoms with E-state index in [1.807, 2.05) is 0 Å². The number of nitrogens with one attached hydrogen (secondary N) is 1. The molecule has 0 aromatic rings. The van der Waals surface area contributed by atoms with E-state index in [9.17, 15) is 15.0 Å². The van der Waals surface area contributed by atoms with Gasteiger partial charge in [0, 0.05) is 19.3 Å². The first kappa shape index (κ1) is 26.9. The van der Waals surface area contributed by atoms with Crippen LogP contribution in [0.25, 0.3) is 0 Å². The number of hydrogen-bond acceptors (Lipinski definition) is 3. The molecule has 4 saturated carbocycles. The number of aliphatic hydroxyl groups is 2. The Hall–Kier alpha value is -0.650. The Kier molecular flexibility index (Phi) is 7.60. The van der Waals surface area contributed by atoms with Crippen molar-refractivity contribution in [3.8, 4) is 0 Å². The fourth-order valence-corrected chi connectivity index (χ4v) is 10.6. The zero-order valence-corrected chi connectivity index (χ0v) is 23.7. The lowest BCUT2D eigenvalue weighted by atomic mass is 9.43. The summed E-state index contributed by atoms with van der Waals surface area (Å²) in [5.74, 6) is 3.77. The van der Waals surface area contributed by atoms with Gasteiger partial charge < -0.3 is 20.0 Å². The number of rotatable bonds is 7. The van der Waals surface area contributed by atoms with E-state index in [1.54, 1.807) is 0 Å². The Bertz CT molecular complexity index is 797. The SMILES string of the molecule is CC(CCC(=O)NCC[N+]1(C)CCCC1)[C@H]1CCC2C3CCC4C[C@H](O)CC[C@]4(C)C3C[C@H](O)[C@@]21C. The summed E-state index contributed by atoms with van der Waals surface area (Å²) in [4.78, 5) is 12.7. The van der Waals surface area contributed by atoms with Crippen molar-refractivity contribution in [1.82, 2.24) is 5.32 Å². The largest absolute Gasteiger partial charge is 0.393 e. The van der Waals surface area contributed by atoms with Crippen LogP contribution in [0.2, 0.25) is 0 Å². The minimum absolute atomic E-state index is 0.0109. The van der Waals surface area contributed by atoms with E-state index in [-0.39, 0.29) is 23.5 Å². The highest BCUT2D eigenvalue weighted by Crippen LogP contribution is 2.68. The number of carbonyl (C=O) groups is 1. The molecule has 206 valence electrons. The highest BCUT2D eigenvalue weighted by Gasteiger charge is 2.63. The van der Waals surface area contributed by atoms with Crippen molar-refractivity contribution >= 4 is 5.91 Å². The Morgan fingerprint density at radius 2 is 1.78 bits per heavy atom. The molecule has 1 aliphatic heterocycles. The van der Waals surface area contributed by atoms with Crippen LogP contribution in [0.5, 0.6) is 0 Å². The number of fused-ring (bicyclic) bond motifs is 5. The van der Waals surface area contributed by atoms with Crippen LogP contribution in [0.4, 0.5) is 0 Å². The summed E-state index contributed by atoms with van der Waals surface area (Å²) in [5.41, 5.74) is 0.281. The van der Waals surface area contributed by atoms with Gasteiger partial charge in [-0.25, -0.2) is 0 Å². The molecule has 0 aromatic carbocycles. The van der Waals surface area contributed by atoms with Crippen LogP contribution in [0, 0.1) is 46.3 Å². The number of quaternary nitrogens is 1. The zero-order valence-electron chi connectivity index (χ0n) is 23.7. The first-order chi connectivity index (χ1) is 17.1. The van der Waals surface area contributed by atoms with Crippen molar-refractivity contribution in [2.24, 2.45) is 46.3 Å². The lowest BCUT2D eigenvalue weighted by Gasteiger charge is -2.62. The van der Waals surface area contributed by atoms with Gasteiger partial charge in [-0.05, 0) is 104 Å². The highest BCUT2D eigenvalue weighted by molar-refractivity contribution is 5.75. The predicted molar refractivity (Wildman–Crippen MR) is 144 cm³/mol. The van der Waals surface area contributed by atoms with Gasteiger partial charge in [-0.1, -0.05) is 20.8 Å². The molecule has 1 amide bonds. The van der Waals surface area contributed by atoms with Gasteiger partial charge >= 0.3 is 0 Å². The fourth-order valence-electron chi connectivity index (χ4n) is 10.6. The second-order valence-corrected chi connectivity index (χ2v) is 14.7. The van der Waals surface area contributed by atoms with Crippen LogP contribution >= 0.6 is 0 Å². The first-order valence-corrected chi connectivity index (χ1v) is 15.5. The molecule has 0 aromatic heterocycles. The Labute approximate surface area is 220 Å². The zero-order chi connectivity index (χ0) is 25.7. The summed E-state index contributed by atoms with van der Waals surface area (Å²) < 4.78 is 1.11. The number of carbonyl (C=O) groups excluding carboxylic acids is 1. The van der Waals surface area contributed by atoms with E-state index >= 15 is 0 Å². The molecule has 5 rings (SSSR count). The molecule has 36 heavy (non-hydrogen) atoms. The lowest BCUT2D eigenvalue weighted by molar-refractivity contribution is -0.896. The molecule has 1 heterocycles. The van der Waals surface area contributed by atoms with Gasteiger partial charge in [-0.2, -0.15) is 0 Å². The number of hydrogen-bond donors (Lipinski definition) is 3. The van der Waals surface area contributed by atoms with Crippen molar-refractivity contribution in [2.75, 3.05) is 33.2 Å². The minimum atomic E-state index is -0.236. The summed E-state index contributed by atoms with van der Waals surface area (Å²) >= 11 is 0. The molecule has 5 heteroatoms. The van der Waals surface area contributed by atoms with E-state index in [0.29, 0.717) is 41.4 Å². The molecule has 0 spiro atoms. The van der Waals surface area contributed by atoms with Gasteiger partial charge in [0.15, 0.2) is 0 Å². The van der Waals surface area contributed by atoms with Gasteiger partial charge in [0.1, 0.15) is 0 Å². The summed E-state index contributed by atoms with van der Waals surface area (Å²) in [6.45, 7) is 11.6. The molecular formula is C31H55N2O3+. The molecule has 0 bridgehead atoms. The molecule has 10 atom stereocenters. The summed E-state index contributed by atoms with van der Waals surface area (Å²) in [6.07, 6.45) is 12.8. The van der Waals surface area contributed by atoms with E-state index < -0.39 is 0 Å². The average Bonchev–Trinajstić information content (AvgIpc) is 3.43. The van der Waals surface area contributed by atoms with E-state index in [2.05, 4.69) is 33.1 Å². The van der Waals surface area contributed by atoms with Crippen LogP contribution in [0.3, 0.4) is 0 Å². The van der Waals surface area contributed by atoms with Crippen LogP contribution in [-0.2, 0) is 4.79 Å². The number of aliphatic hydroxyl groups excluding tert-OH is 2. The van der Waals surface area contributed by atoms with Gasteiger partial charge in [0.05, 0.1) is 45.4 Å². The molecular weight excluding hydrogens is 448 g/mol. The smallest absolute Gasteiger partial charge is 0.220 e. The van der Waals surface area contributed by atoms with Crippen LogP contribution in [-0.4, -0.2) is 66.0 Å². The Morgan fingerprint density at radius 1 is 1.03 bits per heavy atom. The van der Waals surface area contributed by atoms with Crippen molar-refractivity contribution in [2.45, 2.75) is 110 Å². The van der Waals surface area contributed by atoms with E-state index in [4.69, 9.17) is 0 Å². The topological polar surface area (TPSA) is 69.6 Å². The predicted octanol–water partition coefficient (Wildman–Crippen LogP) is 4.75. The second-order valence-electron chi connectivity index (χ2n) is 14.7. The molecule has 1 saturated heterocycles. The fraction of sp³-hybridized carbons (Fsp3) is 0.968. The molecule has 4 aliphatic carbocycles. The maximum Gasteiger partial charge on any atom is 0.220 e. The maximum absolute atomic E-state index is 12.7. The lowest BCUT2D eigenvalue weighted by Crippen LogP contribution is -2.58. The Balaban J connectivity index is 1.17. The number of amides is 1. The molecule has 3 N–H and O–H groups in total. The highest BCUT2D eigenvalue weighted by atomic mass is 16.3. The van der Waals surface area contributed by atoms with Crippen LogP contribution < -0.4 is 5.32 Å².